The maximum Gasteiger partial charge on any atom is 0.416 e. The molecule has 1 aliphatic rings. The van der Waals surface area contributed by atoms with Gasteiger partial charge in [0.25, 0.3) is 0 Å². The molecule has 24 heavy (non-hydrogen) atoms. The van der Waals surface area contributed by atoms with Gasteiger partial charge in [-0.2, -0.15) is 13.2 Å². The van der Waals surface area contributed by atoms with E-state index in [1.54, 1.807) is 12.1 Å². The third-order valence-electron chi connectivity index (χ3n) is 3.55. The van der Waals surface area contributed by atoms with E-state index in [9.17, 15) is 18.0 Å². The van der Waals surface area contributed by atoms with Crippen LogP contribution in [0.4, 0.5) is 13.2 Å². The van der Waals surface area contributed by atoms with E-state index in [0.29, 0.717) is 29.0 Å². The predicted octanol–water partition coefficient (Wildman–Crippen LogP) is 3.86. The molecule has 1 aliphatic carbocycles. The molecule has 1 heterocycles. The second-order valence-electron chi connectivity index (χ2n) is 5.26. The molecule has 0 saturated heterocycles. The van der Waals surface area contributed by atoms with Gasteiger partial charge in [-0.05, 0) is 18.6 Å². The number of halogens is 3. The summed E-state index contributed by atoms with van der Waals surface area (Å²) in [5.41, 5.74) is 0.861. The van der Waals surface area contributed by atoms with Gasteiger partial charge in [-0.3, -0.25) is 4.79 Å². The Bertz CT molecular complexity index is 802. The summed E-state index contributed by atoms with van der Waals surface area (Å²) in [5, 5.41) is 6.52. The molecule has 0 bridgehead atoms. The summed E-state index contributed by atoms with van der Waals surface area (Å²) in [6.45, 7) is 0.157. The second-order valence-corrected chi connectivity index (χ2v) is 5.26. The Morgan fingerprint density at radius 1 is 1.25 bits per heavy atom. The van der Waals surface area contributed by atoms with Crippen molar-refractivity contribution in [3.05, 3.63) is 65.5 Å². The molecule has 0 unspecified atom stereocenters. The molecular formula is C17H13F3N2O2. The number of carbonyl (C=O) groups is 1. The highest BCUT2D eigenvalue weighted by Gasteiger charge is 2.30. The summed E-state index contributed by atoms with van der Waals surface area (Å²) in [5.74, 6) is 0.234. The molecule has 2 aromatic rings. The normalized spacial score (nSPS) is 13.9. The number of aromatic nitrogens is 1. The van der Waals surface area contributed by atoms with E-state index in [1.165, 1.54) is 12.1 Å². The number of hydrogen-bond acceptors (Lipinski definition) is 3. The predicted molar refractivity (Wildman–Crippen MR) is 80.6 cm³/mol. The fraction of sp³-hybridized carbons (Fsp3) is 0.176. The molecule has 1 amide bonds. The van der Waals surface area contributed by atoms with Crippen LogP contribution in [-0.4, -0.2) is 11.1 Å². The molecule has 0 saturated carbocycles. The number of rotatable bonds is 4. The Balaban J connectivity index is 1.64. The number of allylic oxidation sites excluding steroid dienone is 3. The summed E-state index contributed by atoms with van der Waals surface area (Å²) in [4.78, 5) is 11.8. The zero-order chi connectivity index (χ0) is 17.2. The average Bonchev–Trinajstić information content (AvgIpc) is 3.23. The third kappa shape index (κ3) is 3.56. The number of nitrogens with zero attached hydrogens (tertiary/aromatic N) is 1. The van der Waals surface area contributed by atoms with Crippen LogP contribution in [0.3, 0.4) is 0 Å². The van der Waals surface area contributed by atoms with Crippen molar-refractivity contribution in [3.8, 4) is 11.3 Å². The van der Waals surface area contributed by atoms with Gasteiger partial charge in [-0.15, -0.1) is 0 Å². The van der Waals surface area contributed by atoms with Gasteiger partial charge in [0.2, 0.25) is 5.91 Å². The van der Waals surface area contributed by atoms with E-state index >= 15 is 0 Å². The van der Waals surface area contributed by atoms with Crippen molar-refractivity contribution in [2.75, 3.05) is 0 Å². The van der Waals surface area contributed by atoms with Gasteiger partial charge in [0, 0.05) is 17.2 Å². The largest absolute Gasteiger partial charge is 0.416 e. The smallest absolute Gasteiger partial charge is 0.359 e. The van der Waals surface area contributed by atoms with Crippen LogP contribution in [0.15, 0.2) is 58.7 Å². The number of amides is 1. The van der Waals surface area contributed by atoms with Crippen LogP contribution < -0.4 is 5.32 Å². The van der Waals surface area contributed by atoms with Crippen LogP contribution in [0, 0.1) is 0 Å². The number of hydrogen-bond donors (Lipinski definition) is 1. The van der Waals surface area contributed by atoms with Gasteiger partial charge in [0.05, 0.1) is 12.1 Å². The number of benzene rings is 1. The quantitative estimate of drug-likeness (QED) is 0.924. The fourth-order valence-corrected chi connectivity index (χ4v) is 2.26. The van der Waals surface area contributed by atoms with Gasteiger partial charge in [0.1, 0.15) is 5.69 Å². The fourth-order valence-electron chi connectivity index (χ4n) is 2.26. The summed E-state index contributed by atoms with van der Waals surface area (Å²) < 4.78 is 42.7. The van der Waals surface area contributed by atoms with E-state index in [4.69, 9.17) is 4.52 Å². The molecule has 3 rings (SSSR count). The van der Waals surface area contributed by atoms with Gasteiger partial charge in [-0.1, -0.05) is 35.5 Å². The first-order chi connectivity index (χ1) is 11.4. The maximum absolute atomic E-state index is 12.5. The van der Waals surface area contributed by atoms with Crippen LogP contribution in [0.5, 0.6) is 0 Å². The molecule has 4 nitrogen and oxygen atoms in total. The van der Waals surface area contributed by atoms with Gasteiger partial charge < -0.3 is 9.84 Å². The Morgan fingerprint density at radius 2 is 2.00 bits per heavy atom. The summed E-state index contributed by atoms with van der Waals surface area (Å²) in [7, 11) is 0. The minimum atomic E-state index is -4.37. The van der Waals surface area contributed by atoms with Crippen LogP contribution in [0.1, 0.15) is 17.7 Å². The Kier molecular flexibility index (Phi) is 4.24. The van der Waals surface area contributed by atoms with Crippen LogP contribution in [-0.2, 0) is 17.5 Å². The lowest BCUT2D eigenvalue weighted by atomic mass is 10.1. The molecule has 0 aliphatic heterocycles. The average molecular weight is 334 g/mol. The second kappa shape index (κ2) is 6.35. The van der Waals surface area contributed by atoms with Crippen molar-refractivity contribution < 1.29 is 22.5 Å². The first kappa shape index (κ1) is 16.0. The Hall–Kier alpha value is -2.83. The molecule has 1 N–H and O–H groups in total. The molecular weight excluding hydrogens is 321 g/mol. The van der Waals surface area contributed by atoms with Gasteiger partial charge in [0.15, 0.2) is 5.76 Å². The van der Waals surface area contributed by atoms with E-state index < -0.39 is 11.7 Å². The minimum Gasteiger partial charge on any atom is -0.359 e. The summed E-state index contributed by atoms with van der Waals surface area (Å²) >= 11 is 0. The van der Waals surface area contributed by atoms with Crippen molar-refractivity contribution >= 4 is 5.91 Å². The lowest BCUT2D eigenvalue weighted by Crippen LogP contribution is -2.23. The number of alkyl halides is 3. The van der Waals surface area contributed by atoms with Crippen LogP contribution >= 0.6 is 0 Å². The van der Waals surface area contributed by atoms with Crippen molar-refractivity contribution in [1.29, 1.82) is 0 Å². The highest BCUT2D eigenvalue weighted by Crippen LogP contribution is 2.30. The van der Waals surface area contributed by atoms with Crippen molar-refractivity contribution in [3.63, 3.8) is 0 Å². The summed E-state index contributed by atoms with van der Waals surface area (Å²) in [6.07, 6.45) is 1.65. The van der Waals surface area contributed by atoms with Crippen LogP contribution in [0.25, 0.3) is 11.3 Å². The lowest BCUT2D eigenvalue weighted by Gasteiger charge is -2.06. The molecule has 124 valence electrons. The number of nitrogens with one attached hydrogen (secondary N) is 1. The van der Waals surface area contributed by atoms with Crippen LogP contribution in [0.2, 0.25) is 0 Å². The molecule has 0 spiro atoms. The molecule has 0 fully saturated rings. The molecule has 1 aromatic carbocycles. The topological polar surface area (TPSA) is 55.1 Å². The van der Waals surface area contributed by atoms with E-state index in [2.05, 4.69) is 10.5 Å². The molecule has 0 radical (unpaired) electrons. The molecule has 0 atom stereocenters. The zero-order valence-corrected chi connectivity index (χ0v) is 12.4. The van der Waals surface area contributed by atoms with Crippen molar-refractivity contribution in [2.45, 2.75) is 19.1 Å². The standard InChI is InChI=1S/C17H13F3N2O2/c18-17(19,20)13-7-5-11(6-8-13)15-9-14(24-22-15)10-21-16(23)12-3-1-2-4-12/h1-3,5-9H,4,10H2,(H,21,23). The SMILES string of the molecule is O=C(NCc1cc(-c2ccc(C(F)(F)F)cc2)no1)C1=CC=CC1. The van der Waals surface area contributed by atoms with Gasteiger partial charge in [-0.25, -0.2) is 0 Å². The first-order valence-corrected chi connectivity index (χ1v) is 7.20. The lowest BCUT2D eigenvalue weighted by molar-refractivity contribution is -0.137. The molecule has 7 heteroatoms. The van der Waals surface area contributed by atoms with Crippen molar-refractivity contribution in [2.24, 2.45) is 0 Å². The summed E-state index contributed by atoms with van der Waals surface area (Å²) in [6, 6.07) is 6.23. The first-order valence-electron chi connectivity index (χ1n) is 7.20. The van der Waals surface area contributed by atoms with E-state index in [0.717, 1.165) is 12.1 Å². The highest BCUT2D eigenvalue weighted by atomic mass is 19.4. The van der Waals surface area contributed by atoms with Crippen molar-refractivity contribution in [1.82, 2.24) is 10.5 Å². The minimum absolute atomic E-state index is 0.157. The van der Waals surface area contributed by atoms with E-state index in [1.807, 2.05) is 12.2 Å². The monoisotopic (exact) mass is 334 g/mol. The third-order valence-corrected chi connectivity index (χ3v) is 3.55. The molecule has 1 aromatic heterocycles. The maximum atomic E-state index is 12.5. The highest BCUT2D eigenvalue weighted by molar-refractivity contribution is 5.94. The number of carbonyl (C=O) groups excluding carboxylic acids is 1. The van der Waals surface area contributed by atoms with Gasteiger partial charge >= 0.3 is 6.18 Å². The Morgan fingerprint density at radius 3 is 2.62 bits per heavy atom. The van der Waals surface area contributed by atoms with E-state index in [-0.39, 0.29) is 12.5 Å². The zero-order valence-electron chi connectivity index (χ0n) is 12.4. The Labute approximate surface area is 135 Å².